The van der Waals surface area contributed by atoms with Crippen LogP contribution in [0.15, 0.2) is 42.5 Å². The van der Waals surface area contributed by atoms with Gasteiger partial charge in [0.05, 0.1) is 0 Å². The summed E-state index contributed by atoms with van der Waals surface area (Å²) in [6.45, 7) is 0.911. The molecule has 2 aromatic rings. The van der Waals surface area contributed by atoms with Gasteiger partial charge in [-0.15, -0.1) is 0 Å². The Hall–Kier alpha value is -2.83. The SMILES string of the molecule is CC(=O)N(CC(=O)Nc1ccc(F)c(F)c1)c1ccc(F)cc1. The molecule has 0 aromatic heterocycles. The lowest BCUT2D eigenvalue weighted by atomic mass is 10.2. The zero-order chi connectivity index (χ0) is 17.0. The number of rotatable bonds is 4. The maximum atomic E-state index is 13.1. The van der Waals surface area contributed by atoms with E-state index in [2.05, 4.69) is 5.32 Å². The van der Waals surface area contributed by atoms with Crippen LogP contribution in [-0.4, -0.2) is 18.4 Å². The summed E-state index contributed by atoms with van der Waals surface area (Å²) in [5, 5.41) is 2.36. The lowest BCUT2D eigenvalue weighted by molar-refractivity contribution is -0.120. The molecule has 0 saturated heterocycles. The van der Waals surface area contributed by atoms with Crippen LogP contribution in [0, 0.1) is 17.5 Å². The Bertz CT molecular complexity index is 733. The number of carbonyl (C=O) groups excluding carboxylic acids is 2. The summed E-state index contributed by atoms with van der Waals surface area (Å²) < 4.78 is 38.9. The molecule has 0 saturated carbocycles. The van der Waals surface area contributed by atoms with E-state index in [-0.39, 0.29) is 12.2 Å². The molecule has 0 aliphatic rings. The monoisotopic (exact) mass is 322 g/mol. The summed E-state index contributed by atoms with van der Waals surface area (Å²) >= 11 is 0. The van der Waals surface area contributed by atoms with E-state index in [1.807, 2.05) is 0 Å². The Labute approximate surface area is 130 Å². The van der Waals surface area contributed by atoms with Crippen molar-refractivity contribution in [3.05, 3.63) is 59.9 Å². The third kappa shape index (κ3) is 4.32. The van der Waals surface area contributed by atoms with Crippen molar-refractivity contribution in [3.63, 3.8) is 0 Å². The topological polar surface area (TPSA) is 49.4 Å². The minimum atomic E-state index is -1.09. The van der Waals surface area contributed by atoms with E-state index in [4.69, 9.17) is 0 Å². The molecule has 0 aliphatic heterocycles. The Morgan fingerprint density at radius 1 is 1.00 bits per heavy atom. The molecule has 0 bridgehead atoms. The molecular formula is C16H13F3N2O2. The smallest absolute Gasteiger partial charge is 0.244 e. The van der Waals surface area contributed by atoms with E-state index in [0.29, 0.717) is 5.69 Å². The van der Waals surface area contributed by atoms with Crippen LogP contribution in [0.1, 0.15) is 6.92 Å². The molecule has 0 unspecified atom stereocenters. The summed E-state index contributed by atoms with van der Waals surface area (Å²) in [5.74, 6) is -3.61. The molecule has 0 fully saturated rings. The average Bonchev–Trinajstić information content (AvgIpc) is 2.49. The van der Waals surface area contributed by atoms with Crippen LogP contribution in [0.5, 0.6) is 0 Å². The largest absolute Gasteiger partial charge is 0.324 e. The van der Waals surface area contributed by atoms with Gasteiger partial charge < -0.3 is 10.2 Å². The summed E-state index contributed by atoms with van der Waals surface area (Å²) in [5.41, 5.74) is 0.413. The molecule has 0 radical (unpaired) electrons. The van der Waals surface area contributed by atoms with Gasteiger partial charge in [0.25, 0.3) is 0 Å². The first-order chi connectivity index (χ1) is 10.9. The number of benzene rings is 2. The van der Waals surface area contributed by atoms with Gasteiger partial charge in [0.15, 0.2) is 11.6 Å². The molecule has 2 aromatic carbocycles. The fraction of sp³-hybridized carbons (Fsp3) is 0.125. The zero-order valence-corrected chi connectivity index (χ0v) is 12.1. The minimum absolute atomic E-state index is 0.0662. The number of amides is 2. The van der Waals surface area contributed by atoms with E-state index in [0.717, 1.165) is 17.0 Å². The van der Waals surface area contributed by atoms with Gasteiger partial charge in [-0.2, -0.15) is 0 Å². The van der Waals surface area contributed by atoms with E-state index >= 15 is 0 Å². The van der Waals surface area contributed by atoms with E-state index in [1.54, 1.807) is 0 Å². The van der Waals surface area contributed by atoms with Crippen LogP contribution in [0.4, 0.5) is 24.5 Å². The Morgan fingerprint density at radius 2 is 1.65 bits per heavy atom. The van der Waals surface area contributed by atoms with Crippen molar-refractivity contribution in [2.24, 2.45) is 0 Å². The first kappa shape index (κ1) is 16.5. The van der Waals surface area contributed by atoms with Gasteiger partial charge in [-0.25, -0.2) is 13.2 Å². The average molecular weight is 322 g/mol. The molecule has 4 nitrogen and oxygen atoms in total. The molecule has 0 aliphatic carbocycles. The number of hydrogen-bond acceptors (Lipinski definition) is 2. The molecule has 23 heavy (non-hydrogen) atoms. The van der Waals surface area contributed by atoms with Crippen LogP contribution < -0.4 is 10.2 Å². The van der Waals surface area contributed by atoms with E-state index in [9.17, 15) is 22.8 Å². The third-order valence-corrected chi connectivity index (χ3v) is 3.02. The molecule has 2 rings (SSSR count). The predicted molar refractivity (Wildman–Crippen MR) is 79.4 cm³/mol. The van der Waals surface area contributed by atoms with Crippen LogP contribution in [0.3, 0.4) is 0 Å². The van der Waals surface area contributed by atoms with Crippen LogP contribution in [0.2, 0.25) is 0 Å². The van der Waals surface area contributed by atoms with Gasteiger partial charge in [0, 0.05) is 24.4 Å². The molecule has 0 heterocycles. The minimum Gasteiger partial charge on any atom is -0.324 e. The van der Waals surface area contributed by atoms with Gasteiger partial charge in [-0.3, -0.25) is 9.59 Å². The Balaban J connectivity index is 2.10. The second-order valence-corrected chi connectivity index (χ2v) is 4.76. The van der Waals surface area contributed by atoms with Gasteiger partial charge >= 0.3 is 0 Å². The number of halogens is 3. The number of nitrogens with one attached hydrogen (secondary N) is 1. The molecule has 120 valence electrons. The predicted octanol–water partition coefficient (Wildman–Crippen LogP) is 3.10. The standard InChI is InChI=1S/C16H13F3N2O2/c1-10(22)21(13-5-2-11(17)3-6-13)9-16(23)20-12-4-7-14(18)15(19)8-12/h2-8H,9H2,1H3,(H,20,23). The second-order valence-electron chi connectivity index (χ2n) is 4.76. The number of anilines is 2. The van der Waals surface area contributed by atoms with Crippen molar-refractivity contribution >= 4 is 23.2 Å². The fourth-order valence-electron chi connectivity index (χ4n) is 1.92. The zero-order valence-electron chi connectivity index (χ0n) is 12.1. The molecule has 7 heteroatoms. The molecule has 2 amide bonds. The quantitative estimate of drug-likeness (QED) is 0.940. The van der Waals surface area contributed by atoms with Crippen molar-refractivity contribution < 1.29 is 22.8 Å². The van der Waals surface area contributed by atoms with E-state index in [1.165, 1.54) is 37.3 Å². The summed E-state index contributed by atoms with van der Waals surface area (Å²) in [6.07, 6.45) is 0. The van der Waals surface area contributed by atoms with Crippen molar-refractivity contribution in [1.29, 1.82) is 0 Å². The molecule has 0 spiro atoms. The van der Waals surface area contributed by atoms with E-state index < -0.39 is 29.3 Å². The van der Waals surface area contributed by atoms with Crippen LogP contribution in [0.25, 0.3) is 0 Å². The Kier molecular flexibility index (Phi) is 5.00. The van der Waals surface area contributed by atoms with Gasteiger partial charge in [0.2, 0.25) is 11.8 Å². The maximum absolute atomic E-state index is 13.1. The van der Waals surface area contributed by atoms with Crippen molar-refractivity contribution in [1.82, 2.24) is 0 Å². The molecule has 1 N–H and O–H groups in total. The van der Waals surface area contributed by atoms with Crippen LogP contribution in [-0.2, 0) is 9.59 Å². The lowest BCUT2D eigenvalue weighted by Gasteiger charge is -2.20. The highest BCUT2D eigenvalue weighted by atomic mass is 19.2. The number of carbonyl (C=O) groups is 2. The first-order valence-corrected chi connectivity index (χ1v) is 6.65. The highest BCUT2D eigenvalue weighted by molar-refractivity contribution is 6.01. The highest BCUT2D eigenvalue weighted by Gasteiger charge is 2.16. The number of hydrogen-bond donors (Lipinski definition) is 1. The Morgan fingerprint density at radius 3 is 2.22 bits per heavy atom. The van der Waals surface area contributed by atoms with Crippen molar-refractivity contribution in [2.75, 3.05) is 16.8 Å². The van der Waals surface area contributed by atoms with Crippen LogP contribution >= 0.6 is 0 Å². The first-order valence-electron chi connectivity index (χ1n) is 6.65. The lowest BCUT2D eigenvalue weighted by Crippen LogP contribution is -2.36. The van der Waals surface area contributed by atoms with Gasteiger partial charge in [-0.05, 0) is 36.4 Å². The maximum Gasteiger partial charge on any atom is 0.244 e. The molecule has 0 atom stereocenters. The van der Waals surface area contributed by atoms with Gasteiger partial charge in [0.1, 0.15) is 12.4 Å². The van der Waals surface area contributed by atoms with Crippen molar-refractivity contribution in [2.45, 2.75) is 6.92 Å². The fourth-order valence-corrected chi connectivity index (χ4v) is 1.92. The highest BCUT2D eigenvalue weighted by Crippen LogP contribution is 2.16. The summed E-state index contributed by atoms with van der Waals surface area (Å²) in [7, 11) is 0. The van der Waals surface area contributed by atoms with Crippen molar-refractivity contribution in [3.8, 4) is 0 Å². The second kappa shape index (κ2) is 6.95. The summed E-state index contributed by atoms with van der Waals surface area (Å²) in [4.78, 5) is 24.8. The number of nitrogens with zero attached hydrogens (tertiary/aromatic N) is 1. The summed E-state index contributed by atoms with van der Waals surface area (Å²) in [6, 6.07) is 7.98. The third-order valence-electron chi connectivity index (χ3n) is 3.02. The molecular weight excluding hydrogens is 309 g/mol. The van der Waals surface area contributed by atoms with Gasteiger partial charge in [-0.1, -0.05) is 0 Å². The normalized spacial score (nSPS) is 10.3.